The Morgan fingerprint density at radius 2 is 1.58 bits per heavy atom. The lowest BCUT2D eigenvalue weighted by Crippen LogP contribution is -2.04. The zero-order chi connectivity index (χ0) is 18.2. The number of nitrogens with zero attached hydrogens (tertiary/aromatic N) is 1. The molecule has 0 N–H and O–H groups in total. The molecule has 0 radical (unpaired) electrons. The van der Waals surface area contributed by atoms with Gasteiger partial charge in [-0.1, -0.05) is 65.9 Å². The molecule has 0 aliphatic heterocycles. The van der Waals surface area contributed by atoms with E-state index in [1.165, 1.54) is 16.0 Å². The van der Waals surface area contributed by atoms with Crippen LogP contribution in [0.5, 0.6) is 5.75 Å². The third-order valence-electron chi connectivity index (χ3n) is 3.70. The van der Waals surface area contributed by atoms with Gasteiger partial charge in [0, 0.05) is 11.0 Å². The number of ether oxygens (including phenoxy) is 1. The van der Waals surface area contributed by atoms with Gasteiger partial charge in [0.25, 0.3) is 0 Å². The first-order valence-corrected chi connectivity index (χ1v) is 9.36. The first-order chi connectivity index (χ1) is 12.7. The van der Waals surface area contributed by atoms with E-state index < -0.39 is 0 Å². The van der Waals surface area contributed by atoms with Crippen molar-refractivity contribution in [1.29, 1.82) is 0 Å². The van der Waals surface area contributed by atoms with Crippen LogP contribution in [0.4, 0.5) is 5.69 Å². The van der Waals surface area contributed by atoms with Gasteiger partial charge in [-0.3, -0.25) is 0 Å². The molecule has 0 amide bonds. The molecule has 3 heteroatoms. The topological polar surface area (TPSA) is 21.6 Å². The number of aryl methyl sites for hydroxylation is 2. The second-order valence-electron chi connectivity index (χ2n) is 5.89. The molecule has 0 aromatic heterocycles. The third kappa shape index (κ3) is 5.36. The molecular weight excluding hydrogens is 338 g/mol. The van der Waals surface area contributed by atoms with E-state index in [1.807, 2.05) is 72.1 Å². The summed E-state index contributed by atoms with van der Waals surface area (Å²) in [5.74, 6) is 1.32. The number of thioether (sulfide) groups is 1. The van der Waals surface area contributed by atoms with Gasteiger partial charge in [0.15, 0.2) is 0 Å². The Morgan fingerprint density at radius 3 is 2.27 bits per heavy atom. The van der Waals surface area contributed by atoms with Crippen LogP contribution in [0, 0.1) is 13.8 Å². The molecule has 2 nitrogen and oxygen atoms in total. The monoisotopic (exact) mass is 359 g/mol. The molecule has 0 heterocycles. The van der Waals surface area contributed by atoms with Gasteiger partial charge in [-0.2, -0.15) is 0 Å². The Kier molecular flexibility index (Phi) is 6.29. The van der Waals surface area contributed by atoms with Crippen molar-refractivity contribution in [1.82, 2.24) is 0 Å². The van der Waals surface area contributed by atoms with E-state index in [0.717, 1.165) is 11.4 Å². The van der Waals surface area contributed by atoms with Crippen LogP contribution in [0.1, 0.15) is 11.1 Å². The molecule has 0 saturated heterocycles. The van der Waals surface area contributed by atoms with Gasteiger partial charge >= 0.3 is 0 Å². The molecule has 130 valence electrons. The quantitative estimate of drug-likeness (QED) is 0.286. The van der Waals surface area contributed by atoms with Crippen molar-refractivity contribution in [3.8, 4) is 5.75 Å². The van der Waals surface area contributed by atoms with Crippen molar-refractivity contribution >= 4 is 23.3 Å². The highest BCUT2D eigenvalue weighted by Gasteiger charge is 2.01. The fourth-order valence-corrected chi connectivity index (χ4v) is 3.15. The lowest BCUT2D eigenvalue weighted by molar-refractivity contribution is 0.556. The Hall–Kier alpha value is -2.78. The number of benzene rings is 3. The van der Waals surface area contributed by atoms with Crippen LogP contribution < -0.4 is 4.74 Å². The van der Waals surface area contributed by atoms with Gasteiger partial charge in [0.1, 0.15) is 5.75 Å². The third-order valence-corrected chi connectivity index (χ3v) is 4.68. The zero-order valence-electron chi connectivity index (χ0n) is 14.9. The molecular formula is C23H21NOS. The fourth-order valence-electron chi connectivity index (χ4n) is 2.43. The summed E-state index contributed by atoms with van der Waals surface area (Å²) in [7, 11) is 0. The molecule has 26 heavy (non-hydrogen) atoms. The van der Waals surface area contributed by atoms with Crippen LogP contribution in [0.15, 0.2) is 100 Å². The average molecular weight is 359 g/mol. The SMILES string of the molecule is Cc1ccc(S/C=C/C(=Nc2ccccc2)Oc2ccccc2)c(C)c1. The fraction of sp³-hybridized carbons (Fsp3) is 0.0870. The summed E-state index contributed by atoms with van der Waals surface area (Å²) in [4.78, 5) is 5.84. The Morgan fingerprint density at radius 1 is 0.885 bits per heavy atom. The highest BCUT2D eigenvalue weighted by atomic mass is 32.2. The molecule has 3 aromatic carbocycles. The van der Waals surface area contributed by atoms with Crippen molar-refractivity contribution in [3.63, 3.8) is 0 Å². The number of hydrogen-bond donors (Lipinski definition) is 0. The normalized spacial score (nSPS) is 11.7. The minimum Gasteiger partial charge on any atom is -0.439 e. The van der Waals surface area contributed by atoms with Gasteiger partial charge in [0.2, 0.25) is 5.90 Å². The maximum atomic E-state index is 5.96. The van der Waals surface area contributed by atoms with Crippen LogP contribution in [-0.2, 0) is 0 Å². The number of hydrogen-bond acceptors (Lipinski definition) is 3. The molecule has 0 bridgehead atoms. The summed E-state index contributed by atoms with van der Waals surface area (Å²) in [6, 6.07) is 26.0. The number of para-hydroxylation sites is 2. The standard InChI is InChI=1S/C23H21NOS/c1-18-13-14-22(19(2)17-18)26-16-15-23(24-20-9-5-3-6-10-20)25-21-11-7-4-8-12-21/h3-17H,1-2H3/b16-15+,24-23?. The molecule has 3 aromatic rings. The molecule has 0 spiro atoms. The van der Waals surface area contributed by atoms with Crippen LogP contribution in [0.3, 0.4) is 0 Å². The molecule has 0 fully saturated rings. The molecule has 0 aliphatic carbocycles. The molecule has 0 unspecified atom stereocenters. The molecule has 0 saturated carbocycles. The van der Waals surface area contributed by atoms with Crippen LogP contribution >= 0.6 is 11.8 Å². The van der Waals surface area contributed by atoms with E-state index >= 15 is 0 Å². The maximum absolute atomic E-state index is 5.96. The summed E-state index contributed by atoms with van der Waals surface area (Å²) < 4.78 is 5.96. The predicted octanol–water partition coefficient (Wildman–Crippen LogP) is 6.72. The van der Waals surface area contributed by atoms with Crippen molar-refractivity contribution in [2.45, 2.75) is 18.7 Å². The Labute approximate surface area is 159 Å². The van der Waals surface area contributed by atoms with E-state index in [1.54, 1.807) is 11.8 Å². The van der Waals surface area contributed by atoms with Crippen LogP contribution in [0.2, 0.25) is 0 Å². The van der Waals surface area contributed by atoms with E-state index in [2.05, 4.69) is 37.0 Å². The average Bonchev–Trinajstić information content (AvgIpc) is 2.65. The largest absolute Gasteiger partial charge is 0.439 e. The van der Waals surface area contributed by atoms with E-state index in [0.29, 0.717) is 5.90 Å². The first kappa shape index (κ1) is 18.0. The predicted molar refractivity (Wildman–Crippen MR) is 112 cm³/mol. The highest BCUT2D eigenvalue weighted by molar-refractivity contribution is 8.02. The Balaban J connectivity index is 1.79. The number of aliphatic imine (C=N–C) groups is 1. The molecule has 0 atom stereocenters. The lowest BCUT2D eigenvalue weighted by Gasteiger charge is -2.06. The highest BCUT2D eigenvalue weighted by Crippen LogP contribution is 2.24. The summed E-state index contributed by atoms with van der Waals surface area (Å²) >= 11 is 1.66. The summed E-state index contributed by atoms with van der Waals surface area (Å²) in [6.45, 7) is 4.23. The van der Waals surface area contributed by atoms with Crippen molar-refractivity contribution in [2.24, 2.45) is 4.99 Å². The van der Waals surface area contributed by atoms with E-state index in [-0.39, 0.29) is 0 Å². The molecule has 0 aliphatic rings. The smallest absolute Gasteiger partial charge is 0.220 e. The van der Waals surface area contributed by atoms with Gasteiger partial charge in [0.05, 0.1) is 5.69 Å². The van der Waals surface area contributed by atoms with Crippen molar-refractivity contribution < 1.29 is 4.74 Å². The van der Waals surface area contributed by atoms with Crippen LogP contribution in [-0.4, -0.2) is 5.90 Å². The van der Waals surface area contributed by atoms with Gasteiger partial charge < -0.3 is 4.74 Å². The van der Waals surface area contributed by atoms with E-state index in [4.69, 9.17) is 4.74 Å². The summed E-state index contributed by atoms with van der Waals surface area (Å²) in [5.41, 5.74) is 3.40. The van der Waals surface area contributed by atoms with Gasteiger partial charge in [-0.05, 0) is 55.2 Å². The second-order valence-corrected chi connectivity index (χ2v) is 6.84. The maximum Gasteiger partial charge on any atom is 0.220 e. The summed E-state index contributed by atoms with van der Waals surface area (Å²) in [6.07, 6.45) is 1.91. The zero-order valence-corrected chi connectivity index (χ0v) is 15.7. The van der Waals surface area contributed by atoms with Crippen molar-refractivity contribution in [3.05, 3.63) is 101 Å². The van der Waals surface area contributed by atoms with Gasteiger partial charge in [-0.15, -0.1) is 0 Å². The van der Waals surface area contributed by atoms with E-state index in [9.17, 15) is 0 Å². The second kappa shape index (κ2) is 9.07. The minimum absolute atomic E-state index is 0.555. The summed E-state index contributed by atoms with van der Waals surface area (Å²) in [5, 5.41) is 2.02. The lowest BCUT2D eigenvalue weighted by atomic mass is 10.2. The Bertz CT molecular complexity index is 902. The minimum atomic E-state index is 0.555. The first-order valence-electron chi connectivity index (χ1n) is 8.48. The molecule has 3 rings (SSSR count). The van der Waals surface area contributed by atoms with Crippen molar-refractivity contribution in [2.75, 3.05) is 0 Å². The van der Waals surface area contributed by atoms with Gasteiger partial charge in [-0.25, -0.2) is 4.99 Å². The number of rotatable bonds is 5. The van der Waals surface area contributed by atoms with Crippen LogP contribution in [0.25, 0.3) is 0 Å².